The van der Waals surface area contributed by atoms with Gasteiger partial charge >= 0.3 is 0 Å². The minimum absolute atomic E-state index is 0.398. The van der Waals surface area contributed by atoms with Crippen molar-refractivity contribution in [1.29, 1.82) is 0 Å². The zero-order valence-corrected chi connectivity index (χ0v) is 14.2. The maximum absolute atomic E-state index is 13.3. The van der Waals surface area contributed by atoms with Gasteiger partial charge in [0.1, 0.15) is 0 Å². The summed E-state index contributed by atoms with van der Waals surface area (Å²) < 4.78 is 13.3. The molecule has 1 aromatic carbocycles. The molecular weight excluding hydrogens is 301 g/mol. The average molecular weight is 323 g/mol. The van der Waals surface area contributed by atoms with Crippen molar-refractivity contribution in [3.63, 3.8) is 0 Å². The van der Waals surface area contributed by atoms with Gasteiger partial charge in [-0.1, -0.05) is 11.6 Å². The van der Waals surface area contributed by atoms with Gasteiger partial charge in [-0.2, -0.15) is 4.39 Å². The zero-order valence-electron chi connectivity index (χ0n) is 14.2. The topological polar surface area (TPSA) is 19.4 Å². The van der Waals surface area contributed by atoms with E-state index in [1.54, 1.807) is 6.20 Å². The fourth-order valence-corrected chi connectivity index (χ4v) is 3.87. The van der Waals surface area contributed by atoms with Crippen molar-refractivity contribution >= 4 is 11.3 Å². The van der Waals surface area contributed by atoms with Gasteiger partial charge in [-0.05, 0) is 55.2 Å². The van der Waals surface area contributed by atoms with Crippen LogP contribution in [-0.4, -0.2) is 36.1 Å². The quantitative estimate of drug-likeness (QED) is 0.804. The van der Waals surface area contributed by atoms with Gasteiger partial charge in [-0.15, -0.1) is 0 Å². The van der Waals surface area contributed by atoms with Gasteiger partial charge in [0.05, 0.1) is 6.04 Å². The number of hydrogen-bond donors (Lipinski definition) is 0. The summed E-state index contributed by atoms with van der Waals surface area (Å²) in [6, 6.07) is 10.6. The Balaban J connectivity index is 1.64. The fourth-order valence-electron chi connectivity index (χ4n) is 3.87. The third kappa shape index (κ3) is 2.66. The molecule has 3 heterocycles. The first-order chi connectivity index (χ1) is 11.6. The molecule has 3 nitrogen and oxygen atoms in total. The van der Waals surface area contributed by atoms with Gasteiger partial charge in [-0.3, -0.25) is 0 Å². The predicted octanol–water partition coefficient (Wildman–Crippen LogP) is 3.64. The van der Waals surface area contributed by atoms with E-state index in [0.29, 0.717) is 6.04 Å². The van der Waals surface area contributed by atoms with Crippen molar-refractivity contribution in [3.8, 4) is 0 Å². The SMILES string of the molecule is Cc1ccc2c(c1)C1=CN(C)CCC1N2CCc1ccnc(F)c1. The smallest absolute Gasteiger partial charge is 0.213 e. The molecule has 1 aromatic heterocycles. The van der Waals surface area contributed by atoms with Crippen LogP contribution in [0.5, 0.6) is 0 Å². The van der Waals surface area contributed by atoms with Gasteiger partial charge in [0.15, 0.2) is 0 Å². The third-order valence-corrected chi connectivity index (χ3v) is 5.05. The highest BCUT2D eigenvalue weighted by atomic mass is 19.1. The first kappa shape index (κ1) is 15.2. The molecule has 0 aliphatic carbocycles. The number of anilines is 1. The van der Waals surface area contributed by atoms with Crippen LogP contribution in [0.4, 0.5) is 10.1 Å². The summed E-state index contributed by atoms with van der Waals surface area (Å²) in [7, 11) is 2.14. The summed E-state index contributed by atoms with van der Waals surface area (Å²) in [5.74, 6) is -0.398. The molecule has 0 spiro atoms. The van der Waals surface area contributed by atoms with Crippen LogP contribution in [0.15, 0.2) is 42.7 Å². The largest absolute Gasteiger partial charge is 0.380 e. The lowest BCUT2D eigenvalue weighted by molar-refractivity contribution is 0.411. The lowest BCUT2D eigenvalue weighted by Crippen LogP contribution is -2.38. The molecule has 0 saturated carbocycles. The summed E-state index contributed by atoms with van der Waals surface area (Å²) in [4.78, 5) is 8.41. The molecule has 0 fully saturated rings. The fraction of sp³-hybridized carbons (Fsp3) is 0.350. The Hall–Kier alpha value is -2.36. The number of aromatic nitrogens is 1. The maximum Gasteiger partial charge on any atom is 0.213 e. The number of rotatable bonds is 3. The molecule has 0 radical (unpaired) electrons. The molecule has 4 rings (SSSR count). The average Bonchev–Trinajstić information content (AvgIpc) is 2.85. The van der Waals surface area contributed by atoms with Crippen molar-refractivity contribution in [3.05, 3.63) is 65.4 Å². The van der Waals surface area contributed by atoms with Gasteiger partial charge in [0.2, 0.25) is 5.95 Å². The van der Waals surface area contributed by atoms with Gasteiger partial charge in [0, 0.05) is 43.8 Å². The van der Waals surface area contributed by atoms with E-state index in [2.05, 4.69) is 53.2 Å². The van der Waals surface area contributed by atoms with Crippen LogP contribution in [0, 0.1) is 12.9 Å². The Kier molecular flexibility index (Phi) is 3.75. The Morgan fingerprint density at radius 3 is 2.96 bits per heavy atom. The minimum atomic E-state index is -0.398. The lowest BCUT2D eigenvalue weighted by atomic mass is 9.97. The Bertz CT molecular complexity index is 799. The van der Waals surface area contributed by atoms with Crippen LogP contribution in [0.3, 0.4) is 0 Å². The van der Waals surface area contributed by atoms with Gasteiger partial charge in [0.25, 0.3) is 0 Å². The summed E-state index contributed by atoms with van der Waals surface area (Å²) >= 11 is 0. The first-order valence-electron chi connectivity index (χ1n) is 8.52. The highest BCUT2D eigenvalue weighted by Gasteiger charge is 2.35. The summed E-state index contributed by atoms with van der Waals surface area (Å²) in [6.45, 7) is 4.11. The lowest BCUT2D eigenvalue weighted by Gasteiger charge is -2.33. The molecule has 2 aliphatic heterocycles. The summed E-state index contributed by atoms with van der Waals surface area (Å²) in [5, 5.41) is 0. The molecule has 4 heteroatoms. The number of aryl methyl sites for hydroxylation is 1. The Morgan fingerprint density at radius 2 is 2.12 bits per heavy atom. The van der Waals surface area contributed by atoms with E-state index in [9.17, 15) is 4.39 Å². The van der Waals surface area contributed by atoms with E-state index in [1.807, 2.05) is 6.07 Å². The third-order valence-electron chi connectivity index (χ3n) is 5.05. The molecule has 0 bridgehead atoms. The molecule has 0 saturated heterocycles. The van der Waals surface area contributed by atoms with Crippen LogP contribution in [0.1, 0.15) is 23.1 Å². The number of fused-ring (bicyclic) bond motifs is 3. The van der Waals surface area contributed by atoms with Crippen LogP contribution in [-0.2, 0) is 6.42 Å². The number of benzene rings is 1. The second-order valence-corrected chi connectivity index (χ2v) is 6.82. The second-order valence-electron chi connectivity index (χ2n) is 6.82. The molecule has 1 unspecified atom stereocenters. The van der Waals surface area contributed by atoms with E-state index in [1.165, 1.54) is 28.5 Å². The van der Waals surface area contributed by atoms with Crippen LogP contribution in [0.2, 0.25) is 0 Å². The molecule has 2 aliphatic rings. The van der Waals surface area contributed by atoms with Crippen LogP contribution in [0.25, 0.3) is 5.57 Å². The highest BCUT2D eigenvalue weighted by Crippen LogP contribution is 2.43. The number of pyridine rings is 1. The molecule has 1 atom stereocenters. The van der Waals surface area contributed by atoms with Gasteiger partial charge < -0.3 is 9.80 Å². The zero-order chi connectivity index (χ0) is 16.7. The number of halogens is 1. The Morgan fingerprint density at radius 1 is 1.25 bits per heavy atom. The standard InChI is InChI=1S/C20H22FN3/c1-14-3-4-18-16(11-14)17-13-23(2)9-7-19(17)24(18)10-6-15-5-8-22-20(21)12-15/h3-5,8,11-13,19H,6-7,9-10H2,1-2H3. The predicted molar refractivity (Wildman–Crippen MR) is 95.4 cm³/mol. The van der Waals surface area contributed by atoms with Crippen molar-refractivity contribution in [2.45, 2.75) is 25.8 Å². The van der Waals surface area contributed by atoms with Crippen molar-refractivity contribution in [2.75, 3.05) is 25.0 Å². The van der Waals surface area contributed by atoms with E-state index in [4.69, 9.17) is 0 Å². The van der Waals surface area contributed by atoms with E-state index >= 15 is 0 Å². The minimum Gasteiger partial charge on any atom is -0.380 e. The number of nitrogens with zero attached hydrogens (tertiary/aromatic N) is 3. The van der Waals surface area contributed by atoms with Crippen molar-refractivity contribution in [1.82, 2.24) is 9.88 Å². The number of hydrogen-bond acceptors (Lipinski definition) is 3. The molecule has 2 aromatic rings. The summed E-state index contributed by atoms with van der Waals surface area (Å²) in [6.07, 6.45) is 5.79. The van der Waals surface area contributed by atoms with Crippen molar-refractivity contribution < 1.29 is 4.39 Å². The molecule has 124 valence electrons. The second kappa shape index (κ2) is 5.93. The van der Waals surface area contributed by atoms with Crippen LogP contribution >= 0.6 is 0 Å². The highest BCUT2D eigenvalue weighted by molar-refractivity contribution is 5.88. The van der Waals surface area contributed by atoms with Gasteiger partial charge in [-0.25, -0.2) is 4.98 Å². The van der Waals surface area contributed by atoms with Crippen molar-refractivity contribution in [2.24, 2.45) is 0 Å². The first-order valence-corrected chi connectivity index (χ1v) is 8.52. The Labute approximate surface area is 142 Å². The molecule has 0 amide bonds. The van der Waals surface area contributed by atoms with E-state index in [-0.39, 0.29) is 0 Å². The maximum atomic E-state index is 13.3. The molecular formula is C20H22FN3. The summed E-state index contributed by atoms with van der Waals surface area (Å²) in [5.41, 5.74) is 6.37. The van der Waals surface area contributed by atoms with E-state index in [0.717, 1.165) is 31.5 Å². The molecule has 0 N–H and O–H groups in total. The van der Waals surface area contributed by atoms with E-state index < -0.39 is 5.95 Å². The normalized spacial score (nSPS) is 19.1. The van der Waals surface area contributed by atoms with Crippen LogP contribution < -0.4 is 4.90 Å². The monoisotopic (exact) mass is 323 g/mol. The molecule has 24 heavy (non-hydrogen) atoms.